The van der Waals surface area contributed by atoms with Crippen LogP contribution in [0.25, 0.3) is 0 Å². The fourth-order valence-corrected chi connectivity index (χ4v) is 3.10. The molecule has 0 radical (unpaired) electrons. The predicted molar refractivity (Wildman–Crippen MR) is 71.1 cm³/mol. The van der Waals surface area contributed by atoms with E-state index in [1.165, 1.54) is 25.8 Å². The predicted octanol–water partition coefficient (Wildman–Crippen LogP) is 1.61. The molecule has 2 heterocycles. The van der Waals surface area contributed by atoms with Crippen LogP contribution in [0.1, 0.15) is 46.0 Å². The summed E-state index contributed by atoms with van der Waals surface area (Å²) >= 11 is 0. The van der Waals surface area contributed by atoms with Gasteiger partial charge in [-0.2, -0.15) is 0 Å². The van der Waals surface area contributed by atoms with Crippen molar-refractivity contribution in [1.82, 2.24) is 10.2 Å². The van der Waals surface area contributed by atoms with E-state index in [1.807, 2.05) is 0 Å². The number of aliphatic hydroxyl groups is 1. The Morgan fingerprint density at radius 2 is 1.76 bits per heavy atom. The van der Waals surface area contributed by atoms with E-state index in [-0.39, 0.29) is 0 Å². The van der Waals surface area contributed by atoms with Gasteiger partial charge in [-0.05, 0) is 63.7 Å². The van der Waals surface area contributed by atoms with E-state index >= 15 is 0 Å². The minimum atomic E-state index is -0.431. The van der Waals surface area contributed by atoms with Crippen LogP contribution >= 0.6 is 0 Å². The number of hydrogen-bond acceptors (Lipinski definition) is 3. The van der Waals surface area contributed by atoms with Crippen molar-refractivity contribution in [1.29, 1.82) is 0 Å². The molecule has 0 amide bonds. The van der Waals surface area contributed by atoms with Gasteiger partial charge < -0.3 is 15.3 Å². The molecule has 0 aliphatic carbocycles. The molecular formula is C14H28N2O. The number of piperidine rings is 1. The first kappa shape index (κ1) is 13.3. The van der Waals surface area contributed by atoms with E-state index < -0.39 is 5.60 Å². The maximum absolute atomic E-state index is 10.6. The van der Waals surface area contributed by atoms with E-state index in [0.717, 1.165) is 39.0 Å². The van der Waals surface area contributed by atoms with E-state index in [2.05, 4.69) is 24.1 Å². The summed E-state index contributed by atoms with van der Waals surface area (Å²) in [6.07, 6.45) is 5.69. The topological polar surface area (TPSA) is 35.5 Å². The monoisotopic (exact) mass is 240 g/mol. The van der Waals surface area contributed by atoms with Gasteiger partial charge in [0.05, 0.1) is 5.60 Å². The van der Waals surface area contributed by atoms with Crippen molar-refractivity contribution in [3.8, 4) is 0 Å². The second kappa shape index (κ2) is 5.25. The molecule has 0 bridgehead atoms. The third-order valence-electron chi connectivity index (χ3n) is 4.48. The van der Waals surface area contributed by atoms with Gasteiger partial charge in [-0.25, -0.2) is 0 Å². The smallest absolute Gasteiger partial charge is 0.0798 e. The van der Waals surface area contributed by atoms with Crippen LogP contribution in [0.5, 0.6) is 0 Å². The highest BCUT2D eigenvalue weighted by Crippen LogP contribution is 2.31. The van der Waals surface area contributed by atoms with Crippen LogP contribution < -0.4 is 5.32 Å². The van der Waals surface area contributed by atoms with Crippen LogP contribution in [0, 0.1) is 5.41 Å². The molecule has 0 atom stereocenters. The Hall–Kier alpha value is -0.120. The third-order valence-corrected chi connectivity index (χ3v) is 4.48. The molecular weight excluding hydrogens is 212 g/mol. The van der Waals surface area contributed by atoms with Crippen LogP contribution in [-0.2, 0) is 0 Å². The van der Waals surface area contributed by atoms with Crippen molar-refractivity contribution in [2.45, 2.75) is 51.6 Å². The number of nitrogens with one attached hydrogen (secondary N) is 1. The highest BCUT2D eigenvalue weighted by atomic mass is 16.3. The normalized spacial score (nSPS) is 29.8. The maximum atomic E-state index is 10.6. The zero-order valence-corrected chi connectivity index (χ0v) is 11.5. The summed E-state index contributed by atoms with van der Waals surface area (Å²) in [7, 11) is 0. The summed E-state index contributed by atoms with van der Waals surface area (Å²) in [5.41, 5.74) is 0.0607. The average Bonchev–Trinajstić information content (AvgIpc) is 2.41. The summed E-state index contributed by atoms with van der Waals surface area (Å²) in [6.45, 7) is 9.88. The maximum Gasteiger partial charge on any atom is 0.0798 e. The van der Waals surface area contributed by atoms with E-state index in [4.69, 9.17) is 0 Å². The van der Waals surface area contributed by atoms with Gasteiger partial charge in [-0.1, -0.05) is 13.8 Å². The van der Waals surface area contributed by atoms with E-state index in [1.54, 1.807) is 0 Å². The van der Waals surface area contributed by atoms with Gasteiger partial charge >= 0.3 is 0 Å². The Morgan fingerprint density at radius 3 is 2.47 bits per heavy atom. The molecule has 2 aliphatic heterocycles. The largest absolute Gasteiger partial charge is 0.388 e. The quantitative estimate of drug-likeness (QED) is 0.770. The molecule has 100 valence electrons. The Balaban J connectivity index is 1.86. The average molecular weight is 240 g/mol. The second-order valence-corrected chi connectivity index (χ2v) is 6.77. The minimum Gasteiger partial charge on any atom is -0.388 e. The first-order valence-corrected chi connectivity index (χ1v) is 7.15. The van der Waals surface area contributed by atoms with Gasteiger partial charge in [0.1, 0.15) is 0 Å². The van der Waals surface area contributed by atoms with Crippen LogP contribution in [-0.4, -0.2) is 48.3 Å². The summed E-state index contributed by atoms with van der Waals surface area (Å²) in [4.78, 5) is 2.49. The summed E-state index contributed by atoms with van der Waals surface area (Å²) < 4.78 is 0. The van der Waals surface area contributed by atoms with Gasteiger partial charge in [0, 0.05) is 6.54 Å². The molecule has 0 spiro atoms. The number of nitrogens with zero attached hydrogens (tertiary/aromatic N) is 1. The lowest BCUT2D eigenvalue weighted by Crippen LogP contribution is -2.50. The Bertz CT molecular complexity index is 247. The van der Waals surface area contributed by atoms with E-state index in [0.29, 0.717) is 5.41 Å². The molecule has 0 aromatic carbocycles. The van der Waals surface area contributed by atoms with Crippen LogP contribution in [0.2, 0.25) is 0 Å². The van der Waals surface area contributed by atoms with Gasteiger partial charge in [0.2, 0.25) is 0 Å². The number of rotatable bonds is 2. The molecule has 0 aromatic rings. The van der Waals surface area contributed by atoms with Gasteiger partial charge in [-0.3, -0.25) is 0 Å². The highest BCUT2D eigenvalue weighted by Gasteiger charge is 2.32. The first-order chi connectivity index (χ1) is 7.99. The lowest BCUT2D eigenvalue weighted by Gasteiger charge is -2.37. The zero-order valence-electron chi connectivity index (χ0n) is 11.5. The number of likely N-dealkylation sites (tertiary alicyclic amines) is 1. The SMILES string of the molecule is CC1(C)CCCN(CC2(O)CCNCC2)CC1. The van der Waals surface area contributed by atoms with Crippen molar-refractivity contribution in [2.24, 2.45) is 5.41 Å². The molecule has 2 fully saturated rings. The van der Waals surface area contributed by atoms with Gasteiger partial charge in [-0.15, -0.1) is 0 Å². The fourth-order valence-electron chi connectivity index (χ4n) is 3.10. The molecule has 2 saturated heterocycles. The highest BCUT2D eigenvalue weighted by molar-refractivity contribution is 4.88. The Labute approximate surface area is 106 Å². The Kier molecular flexibility index (Phi) is 4.11. The molecule has 2 N–H and O–H groups in total. The molecule has 3 nitrogen and oxygen atoms in total. The third kappa shape index (κ3) is 3.94. The summed E-state index contributed by atoms with van der Waals surface area (Å²) in [5, 5.41) is 13.9. The lowest BCUT2D eigenvalue weighted by atomic mass is 9.85. The van der Waals surface area contributed by atoms with Crippen molar-refractivity contribution < 1.29 is 5.11 Å². The lowest BCUT2D eigenvalue weighted by molar-refractivity contribution is -0.0206. The van der Waals surface area contributed by atoms with Crippen LogP contribution in [0.3, 0.4) is 0 Å². The second-order valence-electron chi connectivity index (χ2n) is 6.77. The molecule has 0 unspecified atom stereocenters. The summed E-state index contributed by atoms with van der Waals surface area (Å²) in [5.74, 6) is 0. The zero-order chi connectivity index (χ0) is 12.4. The van der Waals surface area contributed by atoms with Crippen LogP contribution in [0.15, 0.2) is 0 Å². The Morgan fingerprint density at radius 1 is 1.06 bits per heavy atom. The standard InChI is InChI=1S/C14H28N2O/c1-13(2)4-3-10-16(11-7-13)12-14(17)5-8-15-9-6-14/h15,17H,3-12H2,1-2H3. The molecule has 0 aromatic heterocycles. The van der Waals surface area contributed by atoms with Gasteiger partial charge in [0.15, 0.2) is 0 Å². The van der Waals surface area contributed by atoms with Crippen LogP contribution in [0.4, 0.5) is 0 Å². The molecule has 0 saturated carbocycles. The molecule has 2 rings (SSSR count). The van der Waals surface area contributed by atoms with Crippen molar-refractivity contribution in [3.63, 3.8) is 0 Å². The minimum absolute atomic E-state index is 0.431. The molecule has 2 aliphatic rings. The molecule has 3 heteroatoms. The number of β-amino-alcohol motifs (C(OH)–C–C–N with tert-alkyl or cyclic N) is 1. The first-order valence-electron chi connectivity index (χ1n) is 7.15. The van der Waals surface area contributed by atoms with Gasteiger partial charge in [0.25, 0.3) is 0 Å². The van der Waals surface area contributed by atoms with Crippen molar-refractivity contribution >= 4 is 0 Å². The van der Waals surface area contributed by atoms with E-state index in [9.17, 15) is 5.11 Å². The summed E-state index contributed by atoms with van der Waals surface area (Å²) in [6, 6.07) is 0. The fraction of sp³-hybridized carbons (Fsp3) is 1.00. The van der Waals surface area contributed by atoms with Crippen molar-refractivity contribution in [2.75, 3.05) is 32.7 Å². The number of hydrogen-bond donors (Lipinski definition) is 2. The molecule has 17 heavy (non-hydrogen) atoms. The van der Waals surface area contributed by atoms with Crippen molar-refractivity contribution in [3.05, 3.63) is 0 Å².